The molecule has 0 saturated carbocycles. The monoisotopic (exact) mass is 497 g/mol. The lowest BCUT2D eigenvalue weighted by molar-refractivity contribution is -0.132. The van der Waals surface area contributed by atoms with Gasteiger partial charge in [-0.25, -0.2) is 4.39 Å². The Morgan fingerprint density at radius 1 is 1.03 bits per heavy atom. The minimum Gasteiger partial charge on any atom is -0.507 e. The van der Waals surface area contributed by atoms with Crippen molar-refractivity contribution in [2.75, 3.05) is 11.5 Å². The van der Waals surface area contributed by atoms with Gasteiger partial charge in [-0.2, -0.15) is 0 Å². The molecule has 0 aliphatic carbocycles. The molecule has 172 valence electrons. The highest BCUT2D eigenvalue weighted by atomic mass is 35.5. The number of aryl methyl sites for hydroxylation is 1. The maximum atomic E-state index is 13.8. The van der Waals surface area contributed by atoms with Gasteiger partial charge in [-0.15, -0.1) is 0 Å². The van der Waals surface area contributed by atoms with Crippen molar-refractivity contribution in [2.45, 2.75) is 18.9 Å². The standard InChI is InChI=1S/C26H18Cl2FNO4/c27-17-6-3-14(4-7-17)23-22(24(31)16-5-10-21-15(12-16)2-1-11-34-21)25(32)26(33)30(23)18-8-9-20(29)19(28)13-18/h3-10,12-13,23,31H,1-2,11H2/b24-22-. The summed E-state index contributed by atoms with van der Waals surface area (Å²) in [6.07, 6.45) is 1.62. The van der Waals surface area contributed by atoms with E-state index in [4.69, 9.17) is 27.9 Å². The molecule has 8 heteroatoms. The number of benzene rings is 3. The Bertz CT molecular complexity index is 1350. The van der Waals surface area contributed by atoms with Gasteiger partial charge in [0.1, 0.15) is 17.3 Å². The van der Waals surface area contributed by atoms with Crippen molar-refractivity contribution in [1.29, 1.82) is 0 Å². The van der Waals surface area contributed by atoms with Crippen molar-refractivity contribution >= 4 is 46.3 Å². The van der Waals surface area contributed by atoms with Gasteiger partial charge in [-0.1, -0.05) is 35.3 Å². The van der Waals surface area contributed by atoms with Crippen molar-refractivity contribution in [1.82, 2.24) is 0 Å². The fourth-order valence-electron chi connectivity index (χ4n) is 4.36. The van der Waals surface area contributed by atoms with Crippen molar-refractivity contribution in [3.05, 3.63) is 98.8 Å². The van der Waals surface area contributed by atoms with Gasteiger partial charge in [0, 0.05) is 16.3 Å². The smallest absolute Gasteiger partial charge is 0.300 e. The first-order chi connectivity index (χ1) is 16.3. The molecule has 2 aliphatic rings. The van der Waals surface area contributed by atoms with Crippen LogP contribution in [0.3, 0.4) is 0 Å². The van der Waals surface area contributed by atoms with Crippen LogP contribution in [0.1, 0.15) is 29.2 Å². The number of anilines is 1. The van der Waals surface area contributed by atoms with Gasteiger partial charge in [-0.3, -0.25) is 14.5 Å². The number of aliphatic hydroxyl groups is 1. The Labute approximate surface area is 205 Å². The van der Waals surface area contributed by atoms with Gasteiger partial charge in [-0.05, 0) is 72.5 Å². The molecule has 1 unspecified atom stereocenters. The van der Waals surface area contributed by atoms with Crippen LogP contribution in [0.5, 0.6) is 5.75 Å². The molecule has 1 amide bonds. The zero-order valence-electron chi connectivity index (χ0n) is 17.7. The Morgan fingerprint density at radius 3 is 2.53 bits per heavy atom. The summed E-state index contributed by atoms with van der Waals surface area (Å²) in [5.41, 5.74) is 2.01. The predicted octanol–water partition coefficient (Wildman–Crippen LogP) is 6.08. The molecule has 1 saturated heterocycles. The van der Waals surface area contributed by atoms with Crippen LogP contribution in [0, 0.1) is 5.82 Å². The summed E-state index contributed by atoms with van der Waals surface area (Å²) in [5, 5.41) is 11.6. The molecule has 3 aromatic carbocycles. The summed E-state index contributed by atoms with van der Waals surface area (Å²) in [6.45, 7) is 0.625. The third-order valence-corrected chi connectivity index (χ3v) is 6.54. The summed E-state index contributed by atoms with van der Waals surface area (Å²) >= 11 is 12.0. The molecule has 1 N–H and O–H groups in total. The molecule has 1 atom stereocenters. The molecule has 0 aromatic heterocycles. The molecule has 0 bridgehead atoms. The van der Waals surface area contributed by atoms with Gasteiger partial charge in [0.25, 0.3) is 11.7 Å². The molecular formula is C26H18Cl2FNO4. The van der Waals surface area contributed by atoms with Gasteiger partial charge < -0.3 is 9.84 Å². The molecule has 5 rings (SSSR count). The number of fused-ring (bicyclic) bond motifs is 1. The summed E-state index contributed by atoms with van der Waals surface area (Å²) < 4.78 is 19.4. The summed E-state index contributed by atoms with van der Waals surface area (Å²) in [5.74, 6) is -1.93. The number of nitrogens with zero attached hydrogens (tertiary/aromatic N) is 1. The fourth-order valence-corrected chi connectivity index (χ4v) is 4.66. The molecule has 0 radical (unpaired) electrons. The summed E-state index contributed by atoms with van der Waals surface area (Å²) in [6, 6.07) is 14.6. The van der Waals surface area contributed by atoms with Crippen LogP contribution in [0.2, 0.25) is 10.0 Å². The van der Waals surface area contributed by atoms with Gasteiger partial charge >= 0.3 is 0 Å². The zero-order valence-corrected chi connectivity index (χ0v) is 19.2. The lowest BCUT2D eigenvalue weighted by Crippen LogP contribution is -2.29. The zero-order chi connectivity index (χ0) is 24.0. The first-order valence-corrected chi connectivity index (χ1v) is 11.4. The van der Waals surface area contributed by atoms with Crippen LogP contribution >= 0.6 is 23.2 Å². The lowest BCUT2D eigenvalue weighted by Gasteiger charge is -2.26. The van der Waals surface area contributed by atoms with E-state index in [0.29, 0.717) is 22.8 Å². The second-order valence-electron chi connectivity index (χ2n) is 8.09. The summed E-state index contributed by atoms with van der Waals surface area (Å²) in [4.78, 5) is 27.6. The number of aliphatic hydroxyl groups excluding tert-OH is 1. The molecule has 2 heterocycles. The second kappa shape index (κ2) is 8.78. The lowest BCUT2D eigenvalue weighted by atomic mass is 9.94. The van der Waals surface area contributed by atoms with Crippen LogP contribution < -0.4 is 9.64 Å². The second-order valence-corrected chi connectivity index (χ2v) is 8.94. The van der Waals surface area contributed by atoms with E-state index < -0.39 is 23.5 Å². The largest absolute Gasteiger partial charge is 0.507 e. The number of Topliss-reactive ketones (excluding diaryl/α,β-unsaturated/α-hetero) is 1. The Morgan fingerprint density at radius 2 is 1.79 bits per heavy atom. The van der Waals surface area contributed by atoms with Crippen molar-refractivity contribution in [3.8, 4) is 5.75 Å². The van der Waals surface area contributed by atoms with E-state index in [-0.39, 0.29) is 22.0 Å². The number of rotatable bonds is 3. The maximum absolute atomic E-state index is 13.8. The average Bonchev–Trinajstić information content (AvgIpc) is 3.11. The van der Waals surface area contributed by atoms with Crippen LogP contribution in [-0.4, -0.2) is 23.4 Å². The highest BCUT2D eigenvalue weighted by molar-refractivity contribution is 6.51. The predicted molar refractivity (Wildman–Crippen MR) is 128 cm³/mol. The van der Waals surface area contributed by atoms with Crippen molar-refractivity contribution in [3.63, 3.8) is 0 Å². The number of ketones is 1. The number of amides is 1. The van der Waals surface area contributed by atoms with Gasteiger partial charge in [0.15, 0.2) is 0 Å². The molecule has 0 spiro atoms. The topological polar surface area (TPSA) is 66.8 Å². The highest BCUT2D eigenvalue weighted by Crippen LogP contribution is 2.43. The molecule has 5 nitrogen and oxygen atoms in total. The number of carbonyl (C=O) groups excluding carboxylic acids is 2. The first-order valence-electron chi connectivity index (χ1n) is 10.6. The molecule has 2 aliphatic heterocycles. The van der Waals surface area contributed by atoms with Gasteiger partial charge in [0.05, 0.1) is 23.2 Å². The Kier molecular flexibility index (Phi) is 5.80. The number of hydrogen-bond donors (Lipinski definition) is 1. The van der Waals surface area contributed by atoms with E-state index in [9.17, 15) is 19.1 Å². The van der Waals surface area contributed by atoms with E-state index >= 15 is 0 Å². The first kappa shape index (κ1) is 22.4. The highest BCUT2D eigenvalue weighted by Gasteiger charge is 2.47. The van der Waals surface area contributed by atoms with Crippen LogP contribution in [0.25, 0.3) is 5.76 Å². The van der Waals surface area contributed by atoms with Crippen molar-refractivity contribution in [2.24, 2.45) is 0 Å². The number of ether oxygens (including phenoxy) is 1. The van der Waals surface area contributed by atoms with Crippen molar-refractivity contribution < 1.29 is 23.8 Å². The minimum absolute atomic E-state index is 0.0792. The molecule has 3 aromatic rings. The minimum atomic E-state index is -0.967. The van der Waals surface area contributed by atoms with E-state index in [2.05, 4.69) is 0 Å². The number of carbonyl (C=O) groups is 2. The average molecular weight is 498 g/mol. The van der Waals surface area contributed by atoms with Gasteiger partial charge in [0.2, 0.25) is 0 Å². The number of hydrogen-bond acceptors (Lipinski definition) is 4. The van der Waals surface area contributed by atoms with E-state index in [0.717, 1.165) is 30.2 Å². The molecular weight excluding hydrogens is 480 g/mol. The SMILES string of the molecule is O=C1C(=O)N(c2ccc(F)c(Cl)c2)C(c2ccc(Cl)cc2)/C1=C(/O)c1ccc2c(c1)CCCO2. The van der Waals surface area contributed by atoms with Crippen LogP contribution in [-0.2, 0) is 16.0 Å². The number of halogens is 3. The normalized spacial score (nSPS) is 19.1. The van der Waals surface area contributed by atoms with Crippen LogP contribution in [0.4, 0.5) is 10.1 Å². The Hall–Kier alpha value is -3.35. The third-order valence-electron chi connectivity index (χ3n) is 5.99. The molecule has 1 fully saturated rings. The Balaban J connectivity index is 1.70. The summed E-state index contributed by atoms with van der Waals surface area (Å²) in [7, 11) is 0. The van der Waals surface area contributed by atoms with E-state index in [1.807, 2.05) is 0 Å². The van der Waals surface area contributed by atoms with Crippen LogP contribution in [0.15, 0.2) is 66.2 Å². The maximum Gasteiger partial charge on any atom is 0.300 e. The molecule has 34 heavy (non-hydrogen) atoms. The quantitative estimate of drug-likeness (QED) is 0.270. The fraction of sp³-hybridized carbons (Fsp3) is 0.154. The van der Waals surface area contributed by atoms with E-state index in [1.165, 1.54) is 17.0 Å². The van der Waals surface area contributed by atoms with E-state index in [1.54, 1.807) is 42.5 Å². The third kappa shape index (κ3) is 3.83.